The largest absolute Gasteiger partial charge is 0.356 e. The van der Waals surface area contributed by atoms with E-state index >= 15 is 0 Å². The molecule has 0 aliphatic heterocycles. The number of nitrogens with zero attached hydrogens (tertiary/aromatic N) is 3. The number of hydrogen-bond acceptors (Lipinski definition) is 4. The lowest BCUT2D eigenvalue weighted by Crippen LogP contribution is -2.23. The highest BCUT2D eigenvalue weighted by Crippen LogP contribution is 2.24. The van der Waals surface area contributed by atoms with Gasteiger partial charge in [-0.3, -0.25) is 0 Å². The summed E-state index contributed by atoms with van der Waals surface area (Å²) in [5.41, 5.74) is 4.41. The highest BCUT2D eigenvalue weighted by Gasteiger charge is 2.08. The average Bonchev–Trinajstić information content (AvgIpc) is 2.81. The van der Waals surface area contributed by atoms with Crippen molar-refractivity contribution in [3.05, 3.63) is 60.0 Å². The van der Waals surface area contributed by atoms with Crippen molar-refractivity contribution in [3.63, 3.8) is 0 Å². The number of aryl methyl sites for hydroxylation is 2. The Hall–Kier alpha value is -2.46. The molecule has 1 heterocycles. The van der Waals surface area contributed by atoms with E-state index in [4.69, 9.17) is 4.98 Å². The first-order chi connectivity index (χ1) is 15.7. The zero-order chi connectivity index (χ0) is 22.6. The van der Waals surface area contributed by atoms with Crippen molar-refractivity contribution in [3.8, 4) is 0 Å². The SMILES string of the molecule is CCN(CC)CCCCCCCCCc1nc(C)nc2ccc(Nc3ccccc3)cc12. The Kier molecular flexibility index (Phi) is 9.96. The number of aromatic nitrogens is 2. The second-order valence-electron chi connectivity index (χ2n) is 8.69. The van der Waals surface area contributed by atoms with Crippen LogP contribution in [0.15, 0.2) is 48.5 Å². The van der Waals surface area contributed by atoms with Gasteiger partial charge in [0.05, 0.1) is 11.2 Å². The molecule has 3 aromatic rings. The van der Waals surface area contributed by atoms with Gasteiger partial charge in [-0.15, -0.1) is 0 Å². The number of benzene rings is 2. The smallest absolute Gasteiger partial charge is 0.126 e. The molecule has 0 atom stereocenters. The van der Waals surface area contributed by atoms with E-state index in [0.29, 0.717) is 0 Å². The molecule has 0 amide bonds. The number of unbranched alkanes of at least 4 members (excludes halogenated alkanes) is 6. The third-order valence-corrected chi connectivity index (χ3v) is 6.23. The molecule has 0 saturated carbocycles. The zero-order valence-corrected chi connectivity index (χ0v) is 20.2. The third-order valence-electron chi connectivity index (χ3n) is 6.23. The molecule has 172 valence electrons. The van der Waals surface area contributed by atoms with Crippen LogP contribution in [0.4, 0.5) is 11.4 Å². The fourth-order valence-electron chi connectivity index (χ4n) is 4.33. The first kappa shape index (κ1) is 24.2. The quantitative estimate of drug-likeness (QED) is 0.271. The van der Waals surface area contributed by atoms with Crippen molar-refractivity contribution in [2.75, 3.05) is 25.0 Å². The maximum atomic E-state index is 4.80. The van der Waals surface area contributed by atoms with Crippen molar-refractivity contribution in [2.24, 2.45) is 0 Å². The number of nitrogens with one attached hydrogen (secondary N) is 1. The minimum atomic E-state index is 0.865. The van der Waals surface area contributed by atoms with Crippen LogP contribution in [0.2, 0.25) is 0 Å². The Balaban J connectivity index is 1.47. The normalized spacial score (nSPS) is 11.4. The molecule has 1 N–H and O–H groups in total. The van der Waals surface area contributed by atoms with E-state index in [1.54, 1.807) is 0 Å². The molecular formula is C28H40N4. The van der Waals surface area contributed by atoms with Crippen LogP contribution in [-0.2, 0) is 6.42 Å². The summed E-state index contributed by atoms with van der Waals surface area (Å²) in [6.45, 7) is 10.1. The third kappa shape index (κ3) is 7.59. The number of anilines is 2. The van der Waals surface area contributed by atoms with Crippen molar-refractivity contribution in [2.45, 2.75) is 72.1 Å². The number of fused-ring (bicyclic) bond motifs is 1. The van der Waals surface area contributed by atoms with E-state index in [1.807, 2.05) is 25.1 Å². The van der Waals surface area contributed by atoms with Crippen molar-refractivity contribution in [1.82, 2.24) is 14.9 Å². The van der Waals surface area contributed by atoms with Crippen molar-refractivity contribution < 1.29 is 0 Å². The van der Waals surface area contributed by atoms with E-state index in [2.05, 4.69) is 59.4 Å². The van der Waals surface area contributed by atoms with Crippen LogP contribution < -0.4 is 5.32 Å². The molecule has 0 radical (unpaired) electrons. The van der Waals surface area contributed by atoms with E-state index in [-0.39, 0.29) is 0 Å². The van der Waals surface area contributed by atoms with Crippen LogP contribution >= 0.6 is 0 Å². The summed E-state index contributed by atoms with van der Waals surface area (Å²) < 4.78 is 0. The van der Waals surface area contributed by atoms with Gasteiger partial charge in [-0.1, -0.05) is 64.2 Å². The highest BCUT2D eigenvalue weighted by molar-refractivity contribution is 5.85. The van der Waals surface area contributed by atoms with Gasteiger partial charge in [0.1, 0.15) is 5.82 Å². The van der Waals surface area contributed by atoms with Crippen LogP contribution in [0.3, 0.4) is 0 Å². The lowest BCUT2D eigenvalue weighted by molar-refractivity contribution is 0.295. The van der Waals surface area contributed by atoms with Crippen molar-refractivity contribution in [1.29, 1.82) is 0 Å². The number of para-hydroxylation sites is 1. The van der Waals surface area contributed by atoms with E-state index in [1.165, 1.54) is 75.7 Å². The van der Waals surface area contributed by atoms with Crippen LogP contribution in [-0.4, -0.2) is 34.5 Å². The Morgan fingerprint density at radius 2 is 1.44 bits per heavy atom. The first-order valence-electron chi connectivity index (χ1n) is 12.5. The minimum absolute atomic E-state index is 0.865. The van der Waals surface area contributed by atoms with Gasteiger partial charge in [-0.25, -0.2) is 9.97 Å². The second kappa shape index (κ2) is 13.2. The molecule has 1 aromatic heterocycles. The van der Waals surface area contributed by atoms with Gasteiger partial charge in [-0.05, 0) is 76.2 Å². The molecule has 32 heavy (non-hydrogen) atoms. The molecule has 0 fully saturated rings. The fraction of sp³-hybridized carbons (Fsp3) is 0.500. The highest BCUT2D eigenvalue weighted by atomic mass is 15.1. The van der Waals surface area contributed by atoms with Gasteiger partial charge in [-0.2, -0.15) is 0 Å². The molecule has 2 aromatic carbocycles. The molecule has 0 aliphatic carbocycles. The summed E-state index contributed by atoms with van der Waals surface area (Å²) in [4.78, 5) is 12.0. The van der Waals surface area contributed by atoms with Gasteiger partial charge in [0.2, 0.25) is 0 Å². The zero-order valence-electron chi connectivity index (χ0n) is 20.2. The van der Waals surface area contributed by atoms with Gasteiger partial charge in [0.15, 0.2) is 0 Å². The molecule has 0 bridgehead atoms. The molecule has 0 spiro atoms. The summed E-state index contributed by atoms with van der Waals surface area (Å²) in [6.07, 6.45) is 10.3. The lowest BCUT2D eigenvalue weighted by Gasteiger charge is -2.17. The summed E-state index contributed by atoms with van der Waals surface area (Å²) in [5.74, 6) is 0.865. The summed E-state index contributed by atoms with van der Waals surface area (Å²) in [6, 6.07) is 16.7. The molecule has 0 unspecified atom stereocenters. The standard InChI is InChI=1S/C28H40N4/c1-4-32(5-2)21-15-10-8-6-7-9-14-18-27-26-22-25(31-24-16-12-11-13-17-24)19-20-28(26)30-23(3)29-27/h11-13,16-17,19-20,22,31H,4-10,14-15,18,21H2,1-3H3. The maximum absolute atomic E-state index is 4.80. The Labute approximate surface area is 194 Å². The van der Waals surface area contributed by atoms with E-state index < -0.39 is 0 Å². The Bertz CT molecular complexity index is 935. The van der Waals surface area contributed by atoms with Gasteiger partial charge >= 0.3 is 0 Å². The van der Waals surface area contributed by atoms with Crippen molar-refractivity contribution >= 4 is 22.3 Å². The molecular weight excluding hydrogens is 392 g/mol. The average molecular weight is 433 g/mol. The molecule has 4 nitrogen and oxygen atoms in total. The van der Waals surface area contributed by atoms with E-state index in [9.17, 15) is 0 Å². The topological polar surface area (TPSA) is 41.1 Å². The summed E-state index contributed by atoms with van der Waals surface area (Å²) in [7, 11) is 0. The molecule has 0 saturated heterocycles. The predicted molar refractivity (Wildman–Crippen MR) is 138 cm³/mol. The molecule has 4 heteroatoms. The Morgan fingerprint density at radius 1 is 0.750 bits per heavy atom. The minimum Gasteiger partial charge on any atom is -0.356 e. The lowest BCUT2D eigenvalue weighted by atomic mass is 10.0. The maximum Gasteiger partial charge on any atom is 0.126 e. The molecule has 0 aliphatic rings. The first-order valence-corrected chi connectivity index (χ1v) is 12.5. The Morgan fingerprint density at radius 3 is 2.16 bits per heavy atom. The number of hydrogen-bond donors (Lipinski definition) is 1. The predicted octanol–water partition coefficient (Wildman–Crippen LogP) is 7.30. The van der Waals surface area contributed by atoms with Gasteiger partial charge in [0.25, 0.3) is 0 Å². The van der Waals surface area contributed by atoms with Crippen LogP contribution in [0.25, 0.3) is 10.9 Å². The van der Waals surface area contributed by atoms with Gasteiger partial charge in [0, 0.05) is 16.8 Å². The fourth-order valence-corrected chi connectivity index (χ4v) is 4.33. The van der Waals surface area contributed by atoms with E-state index in [0.717, 1.165) is 29.1 Å². The van der Waals surface area contributed by atoms with Crippen LogP contribution in [0, 0.1) is 6.92 Å². The van der Waals surface area contributed by atoms with Crippen LogP contribution in [0.5, 0.6) is 0 Å². The van der Waals surface area contributed by atoms with Gasteiger partial charge < -0.3 is 10.2 Å². The summed E-state index contributed by atoms with van der Waals surface area (Å²) in [5, 5.41) is 4.67. The monoisotopic (exact) mass is 432 g/mol. The molecule has 3 rings (SSSR count). The summed E-state index contributed by atoms with van der Waals surface area (Å²) >= 11 is 0. The van der Waals surface area contributed by atoms with Crippen LogP contribution in [0.1, 0.15) is 70.3 Å². The second-order valence-corrected chi connectivity index (χ2v) is 8.69. The number of rotatable bonds is 14.